The molecule has 2 aromatic carbocycles. The molecule has 5 aromatic rings. The summed E-state index contributed by atoms with van der Waals surface area (Å²) < 4.78 is 5.00. The molecule has 31 heavy (non-hydrogen) atoms. The minimum absolute atomic E-state index is 0.146. The molecule has 156 valence electrons. The van der Waals surface area contributed by atoms with Gasteiger partial charge in [0.2, 0.25) is 5.78 Å². The second-order valence-electron chi connectivity index (χ2n) is 7.36. The van der Waals surface area contributed by atoms with Gasteiger partial charge in [-0.05, 0) is 40.6 Å². The second-order valence-corrected chi connectivity index (χ2v) is 8.69. The Balaban J connectivity index is 1.70. The lowest BCUT2D eigenvalue weighted by Crippen LogP contribution is -2.26. The van der Waals surface area contributed by atoms with Crippen molar-refractivity contribution in [1.82, 2.24) is 18.7 Å². The molecule has 3 heterocycles. The predicted octanol–water partition coefficient (Wildman–Crippen LogP) is 4.18. The van der Waals surface area contributed by atoms with Crippen molar-refractivity contribution in [3.8, 4) is 0 Å². The van der Waals surface area contributed by atoms with Crippen LogP contribution in [0.2, 0.25) is 5.02 Å². The van der Waals surface area contributed by atoms with Gasteiger partial charge in [0.25, 0.3) is 5.56 Å². The van der Waals surface area contributed by atoms with E-state index in [4.69, 9.17) is 11.6 Å². The lowest BCUT2D eigenvalue weighted by Gasteiger charge is -2.08. The number of aryl methyl sites for hydroxylation is 1. The van der Waals surface area contributed by atoms with Gasteiger partial charge in [0.15, 0.2) is 0 Å². The Morgan fingerprint density at radius 3 is 2.45 bits per heavy atom. The zero-order valence-electron chi connectivity index (χ0n) is 16.8. The van der Waals surface area contributed by atoms with E-state index in [-0.39, 0.29) is 17.8 Å². The average molecular weight is 451 g/mol. The molecule has 5 rings (SSSR count). The van der Waals surface area contributed by atoms with E-state index in [0.717, 1.165) is 17.5 Å². The Bertz CT molecular complexity index is 1530. The van der Waals surface area contributed by atoms with Crippen molar-refractivity contribution in [3.05, 3.63) is 103 Å². The van der Waals surface area contributed by atoms with Crippen molar-refractivity contribution >= 4 is 38.9 Å². The molecule has 0 unspecified atom stereocenters. The number of halogens is 1. The first-order chi connectivity index (χ1) is 15.1. The van der Waals surface area contributed by atoms with Gasteiger partial charge in [-0.3, -0.25) is 9.36 Å². The number of nitrogens with zero attached hydrogens (tertiary/aromatic N) is 4. The molecule has 3 aromatic heterocycles. The zero-order chi connectivity index (χ0) is 21.5. The zero-order valence-corrected chi connectivity index (χ0v) is 18.4. The van der Waals surface area contributed by atoms with Crippen LogP contribution >= 0.6 is 22.9 Å². The van der Waals surface area contributed by atoms with Gasteiger partial charge < -0.3 is 0 Å². The standard InChI is InChI=1S/C23H19ClN4O2S/c1-2-15-7-9-16(10-8-15)13-26-21(29)20-19(11-12-31-20)28-22(26)25-27(23(28)30)14-17-5-3-4-6-18(17)24/h3-12H,2,13-14H2,1H3. The molecule has 6 nitrogen and oxygen atoms in total. The summed E-state index contributed by atoms with van der Waals surface area (Å²) in [7, 11) is 0. The molecule has 0 aliphatic heterocycles. The number of fused-ring (bicyclic) bond motifs is 3. The predicted molar refractivity (Wildman–Crippen MR) is 125 cm³/mol. The van der Waals surface area contributed by atoms with Gasteiger partial charge in [0.1, 0.15) is 4.70 Å². The second kappa shape index (κ2) is 7.83. The van der Waals surface area contributed by atoms with Crippen LogP contribution in [0.5, 0.6) is 0 Å². The normalized spacial score (nSPS) is 11.5. The molecule has 0 radical (unpaired) electrons. The fourth-order valence-electron chi connectivity index (χ4n) is 3.73. The maximum Gasteiger partial charge on any atom is 0.352 e. The molecule has 0 saturated heterocycles. The molecule has 0 N–H and O–H groups in total. The topological polar surface area (TPSA) is 61.3 Å². The summed E-state index contributed by atoms with van der Waals surface area (Å²) in [5.74, 6) is 0.326. The number of rotatable bonds is 5. The number of benzene rings is 2. The first-order valence-corrected chi connectivity index (χ1v) is 11.2. The third-order valence-electron chi connectivity index (χ3n) is 5.44. The molecule has 0 amide bonds. The molecule has 0 fully saturated rings. The Kier molecular flexibility index (Phi) is 5.00. The lowest BCUT2D eigenvalue weighted by molar-refractivity contribution is 0.655. The molecule has 0 bridgehead atoms. The maximum absolute atomic E-state index is 13.3. The van der Waals surface area contributed by atoms with Crippen molar-refractivity contribution in [1.29, 1.82) is 0 Å². The van der Waals surface area contributed by atoms with Crippen LogP contribution in [-0.2, 0) is 19.5 Å². The Morgan fingerprint density at radius 1 is 0.968 bits per heavy atom. The molecule has 0 aliphatic rings. The van der Waals surface area contributed by atoms with Gasteiger partial charge in [0, 0.05) is 5.02 Å². The largest absolute Gasteiger partial charge is 0.352 e. The monoisotopic (exact) mass is 450 g/mol. The van der Waals surface area contributed by atoms with Crippen molar-refractivity contribution in [2.45, 2.75) is 26.4 Å². The minimum atomic E-state index is -0.298. The van der Waals surface area contributed by atoms with Crippen LogP contribution in [-0.4, -0.2) is 18.7 Å². The Morgan fingerprint density at radius 2 is 1.71 bits per heavy atom. The molecular formula is C23H19ClN4O2S. The van der Waals surface area contributed by atoms with E-state index in [1.54, 1.807) is 16.7 Å². The van der Waals surface area contributed by atoms with Crippen molar-refractivity contribution in [3.63, 3.8) is 0 Å². The summed E-state index contributed by atoms with van der Waals surface area (Å²) in [5, 5.41) is 6.94. The SMILES string of the molecule is CCc1ccc(Cn2c(=O)c3sccc3n3c(=O)n(Cc4ccccc4Cl)nc23)cc1. The van der Waals surface area contributed by atoms with E-state index in [0.29, 0.717) is 27.6 Å². The van der Waals surface area contributed by atoms with Crippen LogP contribution < -0.4 is 11.2 Å². The molecular weight excluding hydrogens is 432 g/mol. The third kappa shape index (κ3) is 3.40. The van der Waals surface area contributed by atoms with Gasteiger partial charge in [-0.15, -0.1) is 16.4 Å². The van der Waals surface area contributed by atoms with E-state index in [2.05, 4.69) is 24.2 Å². The van der Waals surface area contributed by atoms with Crippen LogP contribution in [0.25, 0.3) is 16.0 Å². The van der Waals surface area contributed by atoms with E-state index in [1.807, 2.05) is 35.7 Å². The highest BCUT2D eigenvalue weighted by atomic mass is 35.5. The van der Waals surface area contributed by atoms with Crippen molar-refractivity contribution < 1.29 is 0 Å². The van der Waals surface area contributed by atoms with Crippen molar-refractivity contribution in [2.75, 3.05) is 0 Å². The summed E-state index contributed by atoms with van der Waals surface area (Å²) in [6, 6.07) is 17.3. The molecule has 0 saturated carbocycles. The van der Waals surface area contributed by atoms with Gasteiger partial charge in [-0.1, -0.05) is 61.0 Å². The lowest BCUT2D eigenvalue weighted by atomic mass is 10.1. The van der Waals surface area contributed by atoms with Crippen LogP contribution in [0, 0.1) is 0 Å². The fraction of sp³-hybridized carbons (Fsp3) is 0.174. The summed E-state index contributed by atoms with van der Waals surface area (Å²) in [4.78, 5) is 26.5. The van der Waals surface area contributed by atoms with E-state index in [9.17, 15) is 9.59 Å². The van der Waals surface area contributed by atoms with Gasteiger partial charge >= 0.3 is 5.69 Å². The number of hydrogen-bond acceptors (Lipinski definition) is 4. The van der Waals surface area contributed by atoms with Crippen LogP contribution in [0.4, 0.5) is 0 Å². The first kappa shape index (κ1) is 19.8. The van der Waals surface area contributed by atoms with Crippen LogP contribution in [0.1, 0.15) is 23.6 Å². The fourth-order valence-corrected chi connectivity index (χ4v) is 4.75. The van der Waals surface area contributed by atoms with Gasteiger partial charge in [-0.2, -0.15) is 0 Å². The van der Waals surface area contributed by atoms with Gasteiger partial charge in [0.05, 0.1) is 18.6 Å². The summed E-state index contributed by atoms with van der Waals surface area (Å²) in [6.07, 6.45) is 0.952. The summed E-state index contributed by atoms with van der Waals surface area (Å²) in [5.41, 5.74) is 3.14. The number of thiophene rings is 1. The molecule has 0 aliphatic carbocycles. The summed E-state index contributed by atoms with van der Waals surface area (Å²) >= 11 is 7.62. The quantitative estimate of drug-likeness (QED) is 0.403. The molecule has 8 heteroatoms. The van der Waals surface area contributed by atoms with E-state index < -0.39 is 0 Å². The highest BCUT2D eigenvalue weighted by Crippen LogP contribution is 2.19. The van der Waals surface area contributed by atoms with Gasteiger partial charge in [-0.25, -0.2) is 13.9 Å². The van der Waals surface area contributed by atoms with Crippen molar-refractivity contribution in [2.24, 2.45) is 0 Å². The number of hydrogen-bond donors (Lipinski definition) is 0. The maximum atomic E-state index is 13.3. The third-order valence-corrected chi connectivity index (χ3v) is 6.70. The average Bonchev–Trinajstić information content (AvgIpc) is 3.38. The van der Waals surface area contributed by atoms with Crippen LogP contribution in [0.15, 0.2) is 69.6 Å². The highest BCUT2D eigenvalue weighted by Gasteiger charge is 2.19. The smallest absolute Gasteiger partial charge is 0.271 e. The van der Waals surface area contributed by atoms with Crippen LogP contribution in [0.3, 0.4) is 0 Å². The Hall–Kier alpha value is -3.16. The minimum Gasteiger partial charge on any atom is -0.271 e. The highest BCUT2D eigenvalue weighted by molar-refractivity contribution is 7.17. The first-order valence-electron chi connectivity index (χ1n) is 9.97. The molecule has 0 spiro atoms. The van der Waals surface area contributed by atoms with E-state index >= 15 is 0 Å². The van der Waals surface area contributed by atoms with E-state index in [1.165, 1.54) is 26.0 Å². The number of aromatic nitrogens is 4. The summed E-state index contributed by atoms with van der Waals surface area (Å²) in [6.45, 7) is 2.67. The Labute approximate surface area is 186 Å². The molecule has 0 atom stereocenters.